The minimum atomic E-state index is -0.964. The zero-order valence-electron chi connectivity index (χ0n) is 19.1. The molecule has 1 aliphatic rings. The van der Waals surface area contributed by atoms with Gasteiger partial charge in [-0.25, -0.2) is 0 Å². The third-order valence-electron chi connectivity index (χ3n) is 5.87. The number of nitrogens with two attached hydrogens (primary N) is 1. The first-order valence-corrected chi connectivity index (χ1v) is 11.4. The molecule has 3 aromatic rings. The number of rotatable bonds is 6. The Morgan fingerprint density at radius 3 is 2.48 bits per heavy atom. The number of aliphatic hydroxyl groups is 1. The van der Waals surface area contributed by atoms with Crippen LogP contribution < -0.4 is 16.4 Å². The molecule has 0 saturated carbocycles. The van der Waals surface area contributed by atoms with Gasteiger partial charge in [0.15, 0.2) is 0 Å². The molecule has 0 aliphatic heterocycles. The Bertz CT molecular complexity index is 1210. The van der Waals surface area contributed by atoms with Crippen LogP contribution in [0, 0.1) is 0 Å². The Balaban J connectivity index is 1.78. The summed E-state index contributed by atoms with van der Waals surface area (Å²) in [6.07, 6.45) is 8.05. The number of benzene rings is 3. The van der Waals surface area contributed by atoms with Crippen molar-refractivity contribution in [1.29, 1.82) is 0 Å². The minimum Gasteiger partial charge on any atom is -0.386 e. The van der Waals surface area contributed by atoms with Gasteiger partial charge in [0, 0.05) is 10.7 Å². The van der Waals surface area contributed by atoms with Crippen LogP contribution in [0.3, 0.4) is 0 Å². The van der Waals surface area contributed by atoms with E-state index in [-0.39, 0.29) is 6.04 Å². The fourth-order valence-electron chi connectivity index (χ4n) is 4.05. The largest absolute Gasteiger partial charge is 0.386 e. The predicted molar refractivity (Wildman–Crippen MR) is 140 cm³/mol. The molecule has 0 radical (unpaired) electrons. The molecule has 0 spiro atoms. The Hall–Kier alpha value is -3.05. The summed E-state index contributed by atoms with van der Waals surface area (Å²) in [7, 11) is 0. The Kier molecular flexibility index (Phi) is 6.35. The molecule has 5 N–H and O–H groups in total. The molecule has 4 nitrogen and oxygen atoms in total. The van der Waals surface area contributed by atoms with E-state index in [0.717, 1.165) is 33.8 Å². The van der Waals surface area contributed by atoms with Crippen LogP contribution in [-0.4, -0.2) is 16.7 Å². The molecule has 0 saturated heterocycles. The first-order chi connectivity index (χ1) is 15.6. The summed E-state index contributed by atoms with van der Waals surface area (Å²) in [5.74, 6) is 0. The molecule has 2 atom stereocenters. The van der Waals surface area contributed by atoms with Crippen LogP contribution in [0.25, 0.3) is 11.1 Å². The standard InChI is InChI=1S/C28H30ClN3O/c1-27(2,33)23-12-5-4-11-22(23)19-14-15-24(31-21-10-8-9-20(29)18-21)25(17-19)32-26-13-6-7-16-28(26,3)30/h4-18,26,31-33H,30H2,1-3H3. The summed E-state index contributed by atoms with van der Waals surface area (Å²) in [5.41, 5.74) is 10.6. The molecule has 4 rings (SSSR count). The highest BCUT2D eigenvalue weighted by atomic mass is 35.5. The van der Waals surface area contributed by atoms with Crippen molar-refractivity contribution in [2.45, 2.75) is 38.0 Å². The monoisotopic (exact) mass is 459 g/mol. The van der Waals surface area contributed by atoms with E-state index >= 15 is 0 Å². The van der Waals surface area contributed by atoms with Gasteiger partial charge < -0.3 is 21.5 Å². The summed E-state index contributed by atoms with van der Waals surface area (Å²) in [6, 6.07) is 21.7. The fraction of sp³-hybridized carbons (Fsp3) is 0.214. The zero-order valence-corrected chi connectivity index (χ0v) is 19.9. The van der Waals surface area contributed by atoms with Crippen LogP contribution in [0.4, 0.5) is 17.1 Å². The number of hydrogen-bond acceptors (Lipinski definition) is 4. The first kappa shape index (κ1) is 23.1. The quantitative estimate of drug-likeness (QED) is 0.335. The van der Waals surface area contributed by atoms with E-state index in [2.05, 4.69) is 28.8 Å². The zero-order chi connectivity index (χ0) is 23.6. The van der Waals surface area contributed by atoms with E-state index in [0.29, 0.717) is 5.02 Å². The van der Waals surface area contributed by atoms with E-state index in [4.69, 9.17) is 17.3 Å². The van der Waals surface area contributed by atoms with Gasteiger partial charge in [0.2, 0.25) is 0 Å². The van der Waals surface area contributed by atoms with Gasteiger partial charge in [-0.1, -0.05) is 72.3 Å². The van der Waals surface area contributed by atoms with Gasteiger partial charge >= 0.3 is 0 Å². The van der Waals surface area contributed by atoms with Crippen molar-refractivity contribution >= 4 is 28.7 Å². The lowest BCUT2D eigenvalue weighted by molar-refractivity contribution is 0.0792. The summed E-state index contributed by atoms with van der Waals surface area (Å²) in [4.78, 5) is 0. The highest BCUT2D eigenvalue weighted by Crippen LogP contribution is 2.37. The minimum absolute atomic E-state index is 0.0952. The average molecular weight is 460 g/mol. The third kappa shape index (κ3) is 5.31. The normalized spacial score (nSPS) is 20.0. The highest BCUT2D eigenvalue weighted by Gasteiger charge is 2.28. The maximum Gasteiger partial charge on any atom is 0.0846 e. The van der Waals surface area contributed by atoms with Gasteiger partial charge in [0.05, 0.1) is 28.6 Å². The van der Waals surface area contributed by atoms with Gasteiger partial charge in [0.1, 0.15) is 0 Å². The highest BCUT2D eigenvalue weighted by molar-refractivity contribution is 6.30. The lowest BCUT2D eigenvalue weighted by atomic mass is 9.88. The molecule has 0 bridgehead atoms. The number of anilines is 3. The molecular formula is C28H30ClN3O. The van der Waals surface area contributed by atoms with Gasteiger partial charge in [-0.2, -0.15) is 0 Å². The summed E-state index contributed by atoms with van der Waals surface area (Å²) >= 11 is 6.20. The van der Waals surface area contributed by atoms with Crippen molar-refractivity contribution < 1.29 is 5.11 Å². The van der Waals surface area contributed by atoms with Crippen LogP contribution in [0.15, 0.2) is 91.0 Å². The van der Waals surface area contributed by atoms with Crippen molar-refractivity contribution in [2.24, 2.45) is 5.73 Å². The lowest BCUT2D eigenvalue weighted by Gasteiger charge is -2.33. The van der Waals surface area contributed by atoms with E-state index in [9.17, 15) is 5.11 Å². The second-order valence-electron chi connectivity index (χ2n) is 9.23. The molecule has 3 aromatic carbocycles. The molecule has 33 heavy (non-hydrogen) atoms. The van der Waals surface area contributed by atoms with Crippen LogP contribution in [-0.2, 0) is 5.60 Å². The first-order valence-electron chi connectivity index (χ1n) is 11.0. The SMILES string of the molecule is CC(C)(O)c1ccccc1-c1ccc(Nc2cccc(Cl)c2)c(NC2C=CC=CC2(C)N)c1. The number of halogens is 1. The molecule has 0 heterocycles. The molecule has 5 heteroatoms. The molecule has 2 unspecified atom stereocenters. The molecule has 0 fully saturated rings. The molecule has 1 aliphatic carbocycles. The average Bonchev–Trinajstić information content (AvgIpc) is 2.76. The number of nitrogens with one attached hydrogen (secondary N) is 2. The topological polar surface area (TPSA) is 70.3 Å². The van der Waals surface area contributed by atoms with Crippen molar-refractivity contribution in [3.8, 4) is 11.1 Å². The Morgan fingerprint density at radius 1 is 0.970 bits per heavy atom. The Labute approximate surface area is 200 Å². The number of hydrogen-bond donors (Lipinski definition) is 4. The summed E-state index contributed by atoms with van der Waals surface area (Å²) in [5, 5.41) is 18.5. The van der Waals surface area contributed by atoms with Gasteiger partial charge in [0.25, 0.3) is 0 Å². The Morgan fingerprint density at radius 2 is 1.76 bits per heavy atom. The predicted octanol–water partition coefficient (Wildman–Crippen LogP) is 6.60. The second-order valence-corrected chi connectivity index (χ2v) is 9.67. The van der Waals surface area contributed by atoms with Gasteiger partial charge in [-0.15, -0.1) is 0 Å². The van der Waals surface area contributed by atoms with E-state index in [1.54, 1.807) is 13.8 Å². The molecule has 0 amide bonds. The molecule has 170 valence electrons. The van der Waals surface area contributed by atoms with Crippen LogP contribution in [0.5, 0.6) is 0 Å². The van der Waals surface area contributed by atoms with Crippen molar-refractivity contribution in [3.05, 3.63) is 102 Å². The van der Waals surface area contributed by atoms with Gasteiger partial charge in [-0.3, -0.25) is 0 Å². The van der Waals surface area contributed by atoms with Crippen molar-refractivity contribution in [3.63, 3.8) is 0 Å². The van der Waals surface area contributed by atoms with Crippen molar-refractivity contribution in [2.75, 3.05) is 10.6 Å². The fourth-order valence-corrected chi connectivity index (χ4v) is 4.24. The van der Waals surface area contributed by atoms with E-state index in [1.807, 2.05) is 79.7 Å². The van der Waals surface area contributed by atoms with E-state index in [1.165, 1.54) is 0 Å². The smallest absolute Gasteiger partial charge is 0.0846 e. The second kappa shape index (κ2) is 9.06. The van der Waals surface area contributed by atoms with Crippen LogP contribution in [0.1, 0.15) is 26.3 Å². The van der Waals surface area contributed by atoms with Crippen LogP contribution >= 0.6 is 11.6 Å². The number of allylic oxidation sites excluding steroid dienone is 2. The maximum absolute atomic E-state index is 10.7. The third-order valence-corrected chi connectivity index (χ3v) is 6.11. The molecular weight excluding hydrogens is 430 g/mol. The summed E-state index contributed by atoms with van der Waals surface area (Å²) in [6.45, 7) is 5.61. The van der Waals surface area contributed by atoms with Crippen LogP contribution in [0.2, 0.25) is 5.02 Å². The van der Waals surface area contributed by atoms with E-state index < -0.39 is 11.1 Å². The van der Waals surface area contributed by atoms with Crippen molar-refractivity contribution in [1.82, 2.24) is 0 Å². The maximum atomic E-state index is 10.7. The van der Waals surface area contributed by atoms with Gasteiger partial charge in [-0.05, 0) is 67.8 Å². The summed E-state index contributed by atoms with van der Waals surface area (Å²) < 4.78 is 0. The molecule has 0 aromatic heterocycles. The lowest BCUT2D eigenvalue weighted by Crippen LogP contribution is -2.50.